The normalized spacial score (nSPS) is 10.6. The van der Waals surface area contributed by atoms with Gasteiger partial charge in [0, 0.05) is 29.6 Å². The topological polar surface area (TPSA) is 145 Å². The molecule has 0 bridgehead atoms. The molecule has 0 unspecified atom stereocenters. The molecule has 11 nitrogen and oxygen atoms in total. The molecule has 1 aromatic carbocycles. The molecule has 0 amide bonds. The van der Waals surface area contributed by atoms with Crippen LogP contribution in [0.3, 0.4) is 0 Å². The lowest BCUT2D eigenvalue weighted by molar-refractivity contribution is -0.144. The summed E-state index contributed by atoms with van der Waals surface area (Å²) in [6.45, 7) is 8.04. The maximum atomic E-state index is 12.5. The second-order valence-corrected chi connectivity index (χ2v) is 8.02. The molecule has 0 saturated carbocycles. The third-order valence-corrected chi connectivity index (χ3v) is 4.99. The van der Waals surface area contributed by atoms with Gasteiger partial charge in [-0.1, -0.05) is 18.2 Å². The van der Waals surface area contributed by atoms with E-state index < -0.39 is 34.6 Å². The van der Waals surface area contributed by atoms with E-state index in [1.165, 1.54) is 41.5 Å². The van der Waals surface area contributed by atoms with Crippen LogP contribution in [0.4, 0.5) is 0 Å². The summed E-state index contributed by atoms with van der Waals surface area (Å²) in [6.07, 6.45) is 6.23. The number of carbonyl (C=O) groups excluding carboxylic acids is 1. The van der Waals surface area contributed by atoms with Crippen LogP contribution < -0.4 is 27.2 Å². The monoisotopic (exact) mass is 510 g/mol. The van der Waals surface area contributed by atoms with Crippen LogP contribution in [0, 0.1) is 13.8 Å². The number of rotatable bonds is 8. The Morgan fingerprint density at radius 3 is 1.84 bits per heavy atom. The fraction of sp³-hybridized carbons (Fsp3) is 0.269. The quantitative estimate of drug-likeness (QED) is 0.266. The summed E-state index contributed by atoms with van der Waals surface area (Å²) in [7, 11) is 1.55. The van der Waals surface area contributed by atoms with Crippen molar-refractivity contribution in [1.29, 1.82) is 0 Å². The SMILES string of the molecule is C=CC.COc1ccc(/C=C/C(=O)OC(Cn2cc(C)c(=O)[nH]c2=O)Cn2cc(C)c(=O)[nH]c2=O)cc1. The Balaban J connectivity index is 0.00000153. The summed E-state index contributed by atoms with van der Waals surface area (Å²) >= 11 is 0. The van der Waals surface area contributed by atoms with Crippen LogP contribution in [-0.4, -0.2) is 38.3 Å². The highest BCUT2D eigenvalue weighted by molar-refractivity contribution is 5.87. The number of benzene rings is 1. The van der Waals surface area contributed by atoms with Crippen molar-refractivity contribution in [3.05, 3.63) is 114 Å². The number of methoxy groups -OCH3 is 1. The van der Waals surface area contributed by atoms with Crippen LogP contribution >= 0.6 is 0 Å². The highest BCUT2D eigenvalue weighted by Crippen LogP contribution is 2.12. The lowest BCUT2D eigenvalue weighted by atomic mass is 10.2. The predicted octanol–water partition coefficient (Wildman–Crippen LogP) is 1.53. The molecule has 0 radical (unpaired) electrons. The number of aryl methyl sites for hydroxylation is 2. The van der Waals surface area contributed by atoms with Crippen LogP contribution in [0.1, 0.15) is 23.6 Å². The minimum Gasteiger partial charge on any atom is -0.497 e. The number of hydrogen-bond acceptors (Lipinski definition) is 7. The number of allylic oxidation sites excluding steroid dienone is 1. The minimum atomic E-state index is -0.973. The highest BCUT2D eigenvalue weighted by Gasteiger charge is 2.18. The van der Waals surface area contributed by atoms with Gasteiger partial charge >= 0.3 is 17.3 Å². The molecule has 3 rings (SSSR count). The van der Waals surface area contributed by atoms with Crippen LogP contribution in [0.5, 0.6) is 5.75 Å². The summed E-state index contributed by atoms with van der Waals surface area (Å²) < 4.78 is 13.0. The van der Waals surface area contributed by atoms with E-state index in [0.29, 0.717) is 16.9 Å². The molecule has 11 heteroatoms. The maximum absolute atomic E-state index is 12.5. The summed E-state index contributed by atoms with van der Waals surface area (Å²) in [5.41, 5.74) is -1.10. The maximum Gasteiger partial charge on any atom is 0.331 e. The average Bonchev–Trinajstić information content (AvgIpc) is 2.85. The molecule has 0 spiro atoms. The Morgan fingerprint density at radius 1 is 0.946 bits per heavy atom. The Labute approximate surface area is 212 Å². The molecule has 0 fully saturated rings. The van der Waals surface area contributed by atoms with E-state index in [-0.39, 0.29) is 13.1 Å². The van der Waals surface area contributed by atoms with E-state index in [0.717, 1.165) is 5.56 Å². The minimum absolute atomic E-state index is 0.136. The summed E-state index contributed by atoms with van der Waals surface area (Å²) in [5, 5.41) is 0. The number of nitrogens with one attached hydrogen (secondary N) is 2. The number of hydrogen-bond donors (Lipinski definition) is 2. The molecule has 0 aliphatic heterocycles. The lowest BCUT2D eigenvalue weighted by Crippen LogP contribution is -2.39. The predicted molar refractivity (Wildman–Crippen MR) is 140 cm³/mol. The van der Waals surface area contributed by atoms with Gasteiger partial charge in [-0.05, 0) is 44.5 Å². The van der Waals surface area contributed by atoms with Crippen molar-refractivity contribution in [3.63, 3.8) is 0 Å². The zero-order chi connectivity index (χ0) is 27.5. The van der Waals surface area contributed by atoms with Gasteiger partial charge in [-0.3, -0.25) is 28.7 Å². The smallest absolute Gasteiger partial charge is 0.331 e. The molecule has 37 heavy (non-hydrogen) atoms. The third-order valence-electron chi connectivity index (χ3n) is 4.99. The number of H-pyrrole nitrogens is 2. The zero-order valence-corrected chi connectivity index (χ0v) is 21.1. The van der Waals surface area contributed by atoms with Crippen molar-refractivity contribution < 1.29 is 14.3 Å². The van der Waals surface area contributed by atoms with Gasteiger partial charge in [0.15, 0.2) is 0 Å². The molecule has 3 aromatic rings. The number of aromatic nitrogens is 4. The second kappa shape index (κ2) is 13.4. The number of esters is 1. The van der Waals surface area contributed by atoms with Crippen molar-refractivity contribution in [2.24, 2.45) is 0 Å². The van der Waals surface area contributed by atoms with Crippen molar-refractivity contribution in [3.8, 4) is 5.75 Å². The Hall–Kier alpha value is -4.67. The summed E-state index contributed by atoms with van der Waals surface area (Å²) in [6, 6.07) is 6.99. The standard InChI is InChI=1S/C23H24N4O7.C3H6/c1-14-10-26(22(31)24-20(14)29)12-18(13-27-11-15(2)21(30)25-23(27)32)34-19(28)9-6-16-4-7-17(33-3)8-5-16;1-3-2/h4-11,18H,12-13H2,1-3H3,(H,24,29,31)(H,25,30,32);3H,1H2,2H3/b9-6+;. The van der Waals surface area contributed by atoms with Crippen molar-refractivity contribution >= 4 is 12.0 Å². The molecular formula is C26H30N4O7. The van der Waals surface area contributed by atoms with E-state index >= 15 is 0 Å². The molecule has 0 saturated heterocycles. The third kappa shape index (κ3) is 8.49. The molecule has 2 N–H and O–H groups in total. The number of nitrogens with zero attached hydrogens (tertiary/aromatic N) is 2. The molecule has 0 atom stereocenters. The summed E-state index contributed by atoms with van der Waals surface area (Å²) in [5.74, 6) is -0.0349. The van der Waals surface area contributed by atoms with Crippen LogP contribution in [0.15, 0.2) is 74.6 Å². The Morgan fingerprint density at radius 2 is 1.41 bits per heavy atom. The van der Waals surface area contributed by atoms with Crippen LogP contribution in [0.2, 0.25) is 0 Å². The van der Waals surface area contributed by atoms with Gasteiger partial charge in [0.05, 0.1) is 20.2 Å². The van der Waals surface area contributed by atoms with Crippen molar-refractivity contribution in [2.45, 2.75) is 40.0 Å². The fourth-order valence-corrected chi connectivity index (χ4v) is 3.16. The molecule has 2 aromatic heterocycles. The van der Waals surface area contributed by atoms with E-state index in [4.69, 9.17) is 9.47 Å². The van der Waals surface area contributed by atoms with E-state index in [2.05, 4.69) is 16.5 Å². The number of ether oxygens (including phenoxy) is 2. The zero-order valence-electron chi connectivity index (χ0n) is 21.1. The summed E-state index contributed by atoms with van der Waals surface area (Å²) in [4.78, 5) is 64.7. The molecule has 2 heterocycles. The lowest BCUT2D eigenvalue weighted by Gasteiger charge is -2.19. The first-order chi connectivity index (χ1) is 17.6. The molecule has 0 aliphatic carbocycles. The Kier molecular flexibility index (Phi) is 10.4. The second-order valence-electron chi connectivity index (χ2n) is 8.02. The van der Waals surface area contributed by atoms with Gasteiger partial charge in [-0.15, -0.1) is 6.58 Å². The number of aromatic amines is 2. The first-order valence-electron chi connectivity index (χ1n) is 11.3. The first kappa shape index (κ1) is 28.6. The first-order valence-corrected chi connectivity index (χ1v) is 11.3. The van der Waals surface area contributed by atoms with Gasteiger partial charge in [0.1, 0.15) is 11.9 Å². The number of carbonyl (C=O) groups is 1. The van der Waals surface area contributed by atoms with Crippen molar-refractivity contribution in [1.82, 2.24) is 19.1 Å². The molecular weight excluding hydrogens is 480 g/mol. The van der Waals surface area contributed by atoms with E-state index in [9.17, 15) is 24.0 Å². The average molecular weight is 511 g/mol. The highest BCUT2D eigenvalue weighted by atomic mass is 16.5. The van der Waals surface area contributed by atoms with Crippen LogP contribution in [0.25, 0.3) is 6.08 Å². The van der Waals surface area contributed by atoms with Gasteiger partial charge in [-0.25, -0.2) is 14.4 Å². The van der Waals surface area contributed by atoms with E-state index in [1.54, 1.807) is 43.5 Å². The molecule has 196 valence electrons. The van der Waals surface area contributed by atoms with Crippen molar-refractivity contribution in [2.75, 3.05) is 7.11 Å². The van der Waals surface area contributed by atoms with Gasteiger partial charge in [-0.2, -0.15) is 0 Å². The van der Waals surface area contributed by atoms with Gasteiger partial charge < -0.3 is 9.47 Å². The van der Waals surface area contributed by atoms with Gasteiger partial charge in [0.25, 0.3) is 11.1 Å². The van der Waals surface area contributed by atoms with Crippen LogP contribution in [-0.2, 0) is 22.6 Å². The van der Waals surface area contributed by atoms with Gasteiger partial charge in [0.2, 0.25) is 0 Å². The Bertz CT molecular complexity index is 1420. The fourth-order valence-electron chi connectivity index (χ4n) is 3.16. The van der Waals surface area contributed by atoms with E-state index in [1.807, 2.05) is 6.92 Å². The molecule has 0 aliphatic rings. The largest absolute Gasteiger partial charge is 0.497 e.